The fraction of sp³-hybridized carbons (Fsp3) is 0.160. The third-order valence-corrected chi connectivity index (χ3v) is 5.22. The molecule has 1 aliphatic rings. The molecule has 0 aliphatic carbocycles. The number of halogens is 1. The van der Waals surface area contributed by atoms with Crippen molar-refractivity contribution in [2.45, 2.75) is 20.1 Å². The van der Waals surface area contributed by atoms with Gasteiger partial charge in [0.1, 0.15) is 17.9 Å². The second kappa shape index (κ2) is 10.3. The SMILES string of the molecule is CCOc1cc(/C=C2\C(=O)NC(=O)N(Cc3ccco3)C2=O)ccc1OCc1ccc(Cl)cc1. The monoisotopic (exact) mass is 480 g/mol. The molecule has 8 nitrogen and oxygen atoms in total. The van der Waals surface area contributed by atoms with Gasteiger partial charge in [0.2, 0.25) is 0 Å². The molecule has 0 spiro atoms. The van der Waals surface area contributed by atoms with Crippen molar-refractivity contribution in [2.24, 2.45) is 0 Å². The minimum absolute atomic E-state index is 0.0933. The molecule has 1 saturated heterocycles. The van der Waals surface area contributed by atoms with E-state index in [-0.39, 0.29) is 12.1 Å². The van der Waals surface area contributed by atoms with Gasteiger partial charge < -0.3 is 13.9 Å². The molecular formula is C25H21ClN2O6. The van der Waals surface area contributed by atoms with Crippen molar-refractivity contribution in [3.05, 3.63) is 88.3 Å². The van der Waals surface area contributed by atoms with E-state index in [0.29, 0.717) is 41.1 Å². The first-order chi connectivity index (χ1) is 16.4. The maximum Gasteiger partial charge on any atom is 0.331 e. The van der Waals surface area contributed by atoms with Crippen LogP contribution in [0.15, 0.2) is 70.9 Å². The Morgan fingerprint density at radius 2 is 1.82 bits per heavy atom. The molecule has 1 fully saturated rings. The van der Waals surface area contributed by atoms with Crippen LogP contribution in [0.4, 0.5) is 4.79 Å². The van der Waals surface area contributed by atoms with Gasteiger partial charge in [0.25, 0.3) is 11.8 Å². The number of hydrogen-bond donors (Lipinski definition) is 1. The number of barbiturate groups is 1. The Labute approximate surface area is 200 Å². The summed E-state index contributed by atoms with van der Waals surface area (Å²) >= 11 is 5.92. The molecule has 0 atom stereocenters. The van der Waals surface area contributed by atoms with Crippen molar-refractivity contribution >= 4 is 35.5 Å². The van der Waals surface area contributed by atoms with Crippen molar-refractivity contribution in [3.63, 3.8) is 0 Å². The summed E-state index contributed by atoms with van der Waals surface area (Å²) in [5.74, 6) is -0.109. The van der Waals surface area contributed by atoms with Gasteiger partial charge in [-0.3, -0.25) is 19.8 Å². The number of carbonyl (C=O) groups excluding carboxylic acids is 3. The molecule has 174 valence electrons. The number of imide groups is 2. The zero-order chi connectivity index (χ0) is 24.1. The molecule has 3 aromatic rings. The van der Waals surface area contributed by atoms with Crippen LogP contribution in [0, 0.1) is 0 Å². The van der Waals surface area contributed by atoms with Crippen LogP contribution in [0.25, 0.3) is 6.08 Å². The molecule has 1 aromatic heterocycles. The number of hydrogen-bond acceptors (Lipinski definition) is 6. The zero-order valence-corrected chi connectivity index (χ0v) is 19.0. The van der Waals surface area contributed by atoms with Gasteiger partial charge in [0.15, 0.2) is 11.5 Å². The molecule has 2 heterocycles. The average molecular weight is 481 g/mol. The number of urea groups is 1. The van der Waals surface area contributed by atoms with E-state index in [2.05, 4.69) is 5.32 Å². The van der Waals surface area contributed by atoms with Gasteiger partial charge in [-0.05, 0) is 60.5 Å². The summed E-state index contributed by atoms with van der Waals surface area (Å²) in [5.41, 5.74) is 1.29. The standard InChI is InChI=1S/C25H21ClN2O6/c1-2-32-22-13-17(7-10-21(22)34-15-16-5-8-18(26)9-6-16)12-20-23(29)27-25(31)28(24(20)30)14-19-4-3-11-33-19/h3-13H,2,14-15H2,1H3,(H,27,29,31)/b20-12+. The summed E-state index contributed by atoms with van der Waals surface area (Å²) in [6.07, 6.45) is 2.85. The average Bonchev–Trinajstić information content (AvgIpc) is 3.33. The maximum atomic E-state index is 12.9. The molecule has 34 heavy (non-hydrogen) atoms. The van der Waals surface area contributed by atoms with E-state index in [1.54, 1.807) is 42.5 Å². The summed E-state index contributed by atoms with van der Waals surface area (Å²) in [7, 11) is 0. The summed E-state index contributed by atoms with van der Waals surface area (Å²) in [5, 5.41) is 2.83. The number of benzene rings is 2. The Bertz CT molecular complexity index is 1230. The van der Waals surface area contributed by atoms with Gasteiger partial charge in [-0.15, -0.1) is 0 Å². The van der Waals surface area contributed by atoms with Gasteiger partial charge in [0.05, 0.1) is 19.4 Å². The van der Waals surface area contributed by atoms with Crippen molar-refractivity contribution in [1.29, 1.82) is 0 Å². The minimum Gasteiger partial charge on any atom is -0.490 e. The Kier molecular flexibility index (Phi) is 6.98. The second-order valence-corrected chi connectivity index (χ2v) is 7.78. The van der Waals surface area contributed by atoms with Gasteiger partial charge in [-0.2, -0.15) is 0 Å². The fourth-order valence-electron chi connectivity index (χ4n) is 3.31. The van der Waals surface area contributed by atoms with Crippen LogP contribution in [0.1, 0.15) is 23.8 Å². The lowest BCUT2D eigenvalue weighted by molar-refractivity contribution is -0.130. The lowest BCUT2D eigenvalue weighted by Crippen LogP contribution is -2.53. The van der Waals surface area contributed by atoms with Crippen molar-refractivity contribution in [1.82, 2.24) is 10.2 Å². The molecular weight excluding hydrogens is 460 g/mol. The number of ether oxygens (including phenoxy) is 2. The first-order valence-corrected chi connectivity index (χ1v) is 10.9. The van der Waals surface area contributed by atoms with E-state index in [9.17, 15) is 14.4 Å². The molecule has 0 radical (unpaired) electrons. The first kappa shape index (κ1) is 23.1. The third kappa shape index (κ3) is 5.29. The Balaban J connectivity index is 1.56. The van der Waals surface area contributed by atoms with Crippen LogP contribution in [0.2, 0.25) is 5.02 Å². The number of nitrogens with zero attached hydrogens (tertiary/aromatic N) is 1. The molecule has 0 bridgehead atoms. The number of nitrogens with one attached hydrogen (secondary N) is 1. The molecule has 0 saturated carbocycles. The predicted molar refractivity (Wildman–Crippen MR) is 124 cm³/mol. The molecule has 0 unspecified atom stereocenters. The van der Waals surface area contributed by atoms with E-state index in [1.165, 1.54) is 12.3 Å². The maximum absolute atomic E-state index is 12.9. The van der Waals surface area contributed by atoms with Crippen LogP contribution in [-0.2, 0) is 22.7 Å². The van der Waals surface area contributed by atoms with E-state index in [1.807, 2.05) is 19.1 Å². The first-order valence-electron chi connectivity index (χ1n) is 10.5. The number of amides is 4. The number of carbonyl (C=O) groups is 3. The van der Waals surface area contributed by atoms with Crippen LogP contribution < -0.4 is 14.8 Å². The highest BCUT2D eigenvalue weighted by Gasteiger charge is 2.36. The topological polar surface area (TPSA) is 98.1 Å². The normalized spacial score (nSPS) is 14.9. The highest BCUT2D eigenvalue weighted by atomic mass is 35.5. The minimum atomic E-state index is -0.801. The fourth-order valence-corrected chi connectivity index (χ4v) is 3.43. The highest BCUT2D eigenvalue weighted by Crippen LogP contribution is 2.31. The molecule has 1 N–H and O–H groups in total. The number of rotatable bonds is 8. The predicted octanol–water partition coefficient (Wildman–Crippen LogP) is 4.57. The third-order valence-electron chi connectivity index (χ3n) is 4.97. The molecule has 9 heteroatoms. The Hall–Kier alpha value is -4.04. The van der Waals surface area contributed by atoms with Crippen LogP contribution in [0.5, 0.6) is 11.5 Å². The van der Waals surface area contributed by atoms with Crippen LogP contribution in [0.3, 0.4) is 0 Å². The quantitative estimate of drug-likeness (QED) is 0.374. The highest BCUT2D eigenvalue weighted by molar-refractivity contribution is 6.31. The van der Waals surface area contributed by atoms with Crippen molar-refractivity contribution in [3.8, 4) is 11.5 Å². The summed E-state index contributed by atoms with van der Waals surface area (Å²) in [6.45, 7) is 2.44. The zero-order valence-electron chi connectivity index (χ0n) is 18.2. The van der Waals surface area contributed by atoms with Crippen LogP contribution in [-0.4, -0.2) is 29.4 Å². The smallest absolute Gasteiger partial charge is 0.331 e. The number of furan rings is 1. The Morgan fingerprint density at radius 1 is 1.03 bits per heavy atom. The van der Waals surface area contributed by atoms with Gasteiger partial charge in [-0.25, -0.2) is 4.79 Å². The van der Waals surface area contributed by atoms with Gasteiger partial charge in [-0.1, -0.05) is 29.8 Å². The van der Waals surface area contributed by atoms with E-state index < -0.39 is 17.8 Å². The summed E-state index contributed by atoms with van der Waals surface area (Å²) < 4.78 is 16.8. The largest absolute Gasteiger partial charge is 0.490 e. The van der Waals surface area contributed by atoms with E-state index in [0.717, 1.165) is 10.5 Å². The van der Waals surface area contributed by atoms with E-state index in [4.69, 9.17) is 25.5 Å². The van der Waals surface area contributed by atoms with Gasteiger partial charge >= 0.3 is 6.03 Å². The lowest BCUT2D eigenvalue weighted by Gasteiger charge is -2.25. The van der Waals surface area contributed by atoms with Crippen LogP contribution >= 0.6 is 11.6 Å². The molecule has 4 amide bonds. The van der Waals surface area contributed by atoms with E-state index >= 15 is 0 Å². The van der Waals surface area contributed by atoms with Crippen molar-refractivity contribution < 1.29 is 28.3 Å². The molecule has 2 aromatic carbocycles. The molecule has 4 rings (SSSR count). The molecule has 1 aliphatic heterocycles. The Morgan fingerprint density at radius 3 is 2.53 bits per heavy atom. The second-order valence-electron chi connectivity index (χ2n) is 7.34. The lowest BCUT2D eigenvalue weighted by atomic mass is 10.1. The van der Waals surface area contributed by atoms with Gasteiger partial charge in [0, 0.05) is 5.02 Å². The summed E-state index contributed by atoms with van der Waals surface area (Å²) in [4.78, 5) is 38.4. The summed E-state index contributed by atoms with van der Waals surface area (Å²) in [6, 6.07) is 14.8. The van der Waals surface area contributed by atoms with Crippen molar-refractivity contribution in [2.75, 3.05) is 6.61 Å².